The highest BCUT2D eigenvalue weighted by atomic mass is 35.5. The van der Waals surface area contributed by atoms with Gasteiger partial charge in [0.15, 0.2) is 5.75 Å². The van der Waals surface area contributed by atoms with Crippen molar-refractivity contribution < 1.29 is 15.0 Å². The fourth-order valence-corrected chi connectivity index (χ4v) is 2.38. The summed E-state index contributed by atoms with van der Waals surface area (Å²) in [5, 5.41) is 30.5. The Balaban J connectivity index is 1.84. The van der Waals surface area contributed by atoms with Gasteiger partial charge in [0.1, 0.15) is 16.9 Å². The lowest BCUT2D eigenvalue weighted by Gasteiger charge is -2.07. The molecule has 0 amide bonds. The zero-order valence-electron chi connectivity index (χ0n) is 12.3. The van der Waals surface area contributed by atoms with Gasteiger partial charge in [0.25, 0.3) is 0 Å². The van der Waals surface area contributed by atoms with Gasteiger partial charge in [0.05, 0.1) is 12.7 Å². The number of carboxylic acids is 1. The lowest BCUT2D eigenvalue weighted by Crippen LogP contribution is -2.02. The number of hydrogen-bond acceptors (Lipinski definition) is 5. The van der Waals surface area contributed by atoms with E-state index in [4.69, 9.17) is 16.7 Å². The van der Waals surface area contributed by atoms with Crippen LogP contribution in [0.2, 0.25) is 5.02 Å². The first-order chi connectivity index (χ1) is 11.5. The third-order valence-electron chi connectivity index (χ3n) is 3.32. The van der Waals surface area contributed by atoms with Gasteiger partial charge in [-0.3, -0.25) is 0 Å². The number of anilines is 1. The maximum absolute atomic E-state index is 11.1. The molecule has 3 N–H and O–H groups in total. The molecule has 7 nitrogen and oxygen atoms in total. The van der Waals surface area contributed by atoms with Gasteiger partial charge in [0.2, 0.25) is 0 Å². The Morgan fingerprint density at radius 2 is 2.00 bits per heavy atom. The minimum atomic E-state index is -1.28. The van der Waals surface area contributed by atoms with E-state index in [0.717, 1.165) is 5.69 Å². The molecule has 122 valence electrons. The van der Waals surface area contributed by atoms with Gasteiger partial charge in [-0.15, -0.1) is 5.10 Å². The average Bonchev–Trinajstić information content (AvgIpc) is 3.04. The molecule has 0 bridgehead atoms. The molecule has 0 unspecified atom stereocenters. The molecule has 3 aromatic rings. The Hall–Kier alpha value is -3.06. The van der Waals surface area contributed by atoms with E-state index in [9.17, 15) is 9.90 Å². The van der Waals surface area contributed by atoms with Crippen LogP contribution < -0.4 is 5.32 Å². The molecule has 0 radical (unpaired) electrons. The normalized spacial score (nSPS) is 10.5. The van der Waals surface area contributed by atoms with Gasteiger partial charge in [-0.25, -0.2) is 9.48 Å². The molecule has 0 saturated carbocycles. The number of carbonyl (C=O) groups is 1. The van der Waals surface area contributed by atoms with Crippen LogP contribution in [0.1, 0.15) is 16.1 Å². The molecule has 0 aliphatic rings. The molecule has 8 heteroatoms. The lowest BCUT2D eigenvalue weighted by molar-refractivity contribution is 0.0693. The predicted molar refractivity (Wildman–Crippen MR) is 88.8 cm³/mol. The fraction of sp³-hybridized carbons (Fsp3) is 0.0625. The number of benzene rings is 2. The maximum Gasteiger partial charge on any atom is 0.339 e. The Kier molecular flexibility index (Phi) is 4.35. The molecule has 0 saturated heterocycles. The highest BCUT2D eigenvalue weighted by Gasteiger charge is 2.17. The number of para-hydroxylation sites is 1. The topological polar surface area (TPSA) is 100 Å². The second kappa shape index (κ2) is 6.59. The number of carboxylic acid groups (broad SMARTS) is 1. The van der Waals surface area contributed by atoms with Crippen molar-refractivity contribution in [2.75, 3.05) is 5.32 Å². The van der Waals surface area contributed by atoms with Crippen molar-refractivity contribution in [1.82, 2.24) is 15.0 Å². The highest BCUT2D eigenvalue weighted by Crippen LogP contribution is 2.29. The number of nitrogens with one attached hydrogen (secondary N) is 1. The summed E-state index contributed by atoms with van der Waals surface area (Å²) >= 11 is 5.92. The number of halogens is 1. The van der Waals surface area contributed by atoms with E-state index in [2.05, 4.69) is 15.6 Å². The van der Waals surface area contributed by atoms with Crippen molar-refractivity contribution in [3.63, 3.8) is 0 Å². The summed E-state index contributed by atoms with van der Waals surface area (Å²) in [4.78, 5) is 11.1. The zero-order valence-corrected chi connectivity index (χ0v) is 13.1. The second-order valence-corrected chi connectivity index (χ2v) is 5.44. The largest absolute Gasteiger partial charge is 0.505 e. The first-order valence-electron chi connectivity index (χ1n) is 7.01. The Labute approximate surface area is 142 Å². The smallest absolute Gasteiger partial charge is 0.339 e. The molecule has 24 heavy (non-hydrogen) atoms. The summed E-state index contributed by atoms with van der Waals surface area (Å²) in [7, 11) is 0. The number of rotatable bonds is 5. The van der Waals surface area contributed by atoms with Crippen LogP contribution in [-0.2, 0) is 6.54 Å². The molecular formula is C16H13ClN4O3. The Morgan fingerprint density at radius 1 is 1.25 bits per heavy atom. The molecule has 3 rings (SSSR count). The number of aromatic nitrogens is 3. The van der Waals surface area contributed by atoms with Crippen molar-refractivity contribution in [3.05, 3.63) is 64.9 Å². The molecular weight excluding hydrogens is 332 g/mol. The maximum atomic E-state index is 11.1. The molecule has 1 aromatic heterocycles. The predicted octanol–water partition coefficient (Wildman–Crippen LogP) is 2.94. The van der Waals surface area contributed by atoms with Gasteiger partial charge in [-0.2, -0.15) is 0 Å². The van der Waals surface area contributed by atoms with E-state index in [1.165, 1.54) is 16.8 Å². The summed E-state index contributed by atoms with van der Waals surface area (Å²) < 4.78 is 1.29. The van der Waals surface area contributed by atoms with Crippen molar-refractivity contribution >= 4 is 23.3 Å². The molecule has 1 heterocycles. The molecule has 2 aromatic carbocycles. The van der Waals surface area contributed by atoms with E-state index < -0.39 is 11.7 Å². The summed E-state index contributed by atoms with van der Waals surface area (Å²) in [5.41, 5.74) is 1.41. The van der Waals surface area contributed by atoms with E-state index in [1.807, 2.05) is 30.3 Å². The Morgan fingerprint density at radius 3 is 2.71 bits per heavy atom. The number of aromatic carboxylic acids is 1. The minimum Gasteiger partial charge on any atom is -0.505 e. The highest BCUT2D eigenvalue weighted by molar-refractivity contribution is 6.31. The third kappa shape index (κ3) is 3.31. The summed E-state index contributed by atoms with van der Waals surface area (Å²) in [6.45, 7) is 0.428. The summed E-state index contributed by atoms with van der Waals surface area (Å²) in [6.07, 6.45) is 1.59. The lowest BCUT2D eigenvalue weighted by atomic mass is 10.1. The number of hydrogen-bond donors (Lipinski definition) is 3. The van der Waals surface area contributed by atoms with Crippen LogP contribution in [0.25, 0.3) is 5.69 Å². The third-order valence-corrected chi connectivity index (χ3v) is 3.54. The summed E-state index contributed by atoms with van der Waals surface area (Å²) in [6, 6.07) is 12.2. The van der Waals surface area contributed by atoms with Crippen LogP contribution in [0, 0.1) is 0 Å². The number of nitrogens with zero attached hydrogens (tertiary/aromatic N) is 3. The first kappa shape index (κ1) is 15.8. The van der Waals surface area contributed by atoms with Crippen molar-refractivity contribution in [2.45, 2.75) is 6.54 Å². The molecule has 0 aliphatic heterocycles. The van der Waals surface area contributed by atoms with Gasteiger partial charge in [0, 0.05) is 10.7 Å². The van der Waals surface area contributed by atoms with E-state index >= 15 is 0 Å². The summed E-state index contributed by atoms with van der Waals surface area (Å²) in [5.74, 6) is -1.69. The second-order valence-electron chi connectivity index (χ2n) is 5.00. The van der Waals surface area contributed by atoms with E-state index in [-0.39, 0.29) is 16.3 Å². The van der Waals surface area contributed by atoms with Crippen LogP contribution in [0.15, 0.2) is 48.7 Å². The van der Waals surface area contributed by atoms with Gasteiger partial charge in [-0.05, 0) is 24.3 Å². The van der Waals surface area contributed by atoms with Gasteiger partial charge >= 0.3 is 5.97 Å². The molecule has 0 aliphatic carbocycles. The molecule has 0 fully saturated rings. The average molecular weight is 345 g/mol. The standard InChI is InChI=1S/C16H13ClN4O3/c17-10-6-13(16(23)24)15(22)14(7-10)21-9-12(19-20-21)8-18-11-4-2-1-3-5-11/h1-7,9,18,22H,8H2,(H,23,24). The first-order valence-corrected chi connectivity index (χ1v) is 7.38. The van der Waals surface area contributed by atoms with Crippen LogP contribution in [-0.4, -0.2) is 31.2 Å². The van der Waals surface area contributed by atoms with Crippen LogP contribution in [0.3, 0.4) is 0 Å². The molecule has 0 spiro atoms. The van der Waals surface area contributed by atoms with Crippen molar-refractivity contribution in [3.8, 4) is 11.4 Å². The number of phenols is 1. The zero-order chi connectivity index (χ0) is 17.1. The Bertz CT molecular complexity index is 880. The molecule has 0 atom stereocenters. The van der Waals surface area contributed by atoms with Crippen molar-refractivity contribution in [1.29, 1.82) is 0 Å². The van der Waals surface area contributed by atoms with Gasteiger partial charge < -0.3 is 15.5 Å². The van der Waals surface area contributed by atoms with Crippen LogP contribution >= 0.6 is 11.6 Å². The van der Waals surface area contributed by atoms with E-state index in [1.54, 1.807) is 6.20 Å². The van der Waals surface area contributed by atoms with E-state index in [0.29, 0.717) is 12.2 Å². The SMILES string of the molecule is O=C(O)c1cc(Cl)cc(-n2cc(CNc3ccccc3)nn2)c1O. The van der Waals surface area contributed by atoms with Crippen molar-refractivity contribution in [2.24, 2.45) is 0 Å². The van der Waals surface area contributed by atoms with Gasteiger partial charge in [-0.1, -0.05) is 35.0 Å². The monoisotopic (exact) mass is 344 g/mol. The van der Waals surface area contributed by atoms with Crippen LogP contribution in [0.4, 0.5) is 5.69 Å². The fourth-order valence-electron chi connectivity index (χ4n) is 2.17. The quantitative estimate of drug-likeness (QED) is 0.658. The minimum absolute atomic E-state index is 0.151. The number of aromatic hydroxyl groups is 1. The van der Waals surface area contributed by atoms with Crippen LogP contribution in [0.5, 0.6) is 5.75 Å².